The molecule has 27 heavy (non-hydrogen) atoms. The van der Waals surface area contributed by atoms with Crippen molar-refractivity contribution in [2.24, 2.45) is 0 Å². The smallest absolute Gasteiger partial charge is 0.416 e. The van der Waals surface area contributed by atoms with Gasteiger partial charge in [-0.15, -0.1) is 11.8 Å². The number of rotatable bonds is 8. The van der Waals surface area contributed by atoms with Gasteiger partial charge < -0.3 is 14.8 Å². The third kappa shape index (κ3) is 6.75. The SMILES string of the molecule is COCCOc1ccc(C(F)(F)F)cc1NC(=O)CSc1ccccc1Br. The van der Waals surface area contributed by atoms with Crippen molar-refractivity contribution in [3.63, 3.8) is 0 Å². The summed E-state index contributed by atoms with van der Waals surface area (Å²) >= 11 is 4.65. The lowest BCUT2D eigenvalue weighted by atomic mass is 10.1. The Labute approximate surface area is 167 Å². The van der Waals surface area contributed by atoms with E-state index in [1.165, 1.54) is 24.9 Å². The summed E-state index contributed by atoms with van der Waals surface area (Å²) in [5, 5.41) is 2.50. The molecule has 1 amide bonds. The summed E-state index contributed by atoms with van der Waals surface area (Å²) in [7, 11) is 1.48. The van der Waals surface area contributed by atoms with Gasteiger partial charge in [0, 0.05) is 16.5 Å². The van der Waals surface area contributed by atoms with E-state index >= 15 is 0 Å². The first-order valence-corrected chi connectivity index (χ1v) is 9.59. The molecule has 0 aromatic heterocycles. The highest BCUT2D eigenvalue weighted by atomic mass is 79.9. The molecule has 2 aromatic rings. The number of anilines is 1. The number of carbonyl (C=O) groups is 1. The van der Waals surface area contributed by atoms with Crippen LogP contribution in [0.2, 0.25) is 0 Å². The minimum atomic E-state index is -4.52. The van der Waals surface area contributed by atoms with Crippen molar-refractivity contribution in [1.82, 2.24) is 0 Å². The summed E-state index contributed by atoms with van der Waals surface area (Å²) < 4.78 is 50.0. The fraction of sp³-hybridized carbons (Fsp3) is 0.278. The van der Waals surface area contributed by atoms with E-state index in [0.29, 0.717) is 0 Å². The molecule has 0 bridgehead atoms. The summed E-state index contributed by atoms with van der Waals surface area (Å²) in [4.78, 5) is 13.1. The number of carbonyl (C=O) groups excluding carboxylic acids is 1. The van der Waals surface area contributed by atoms with Crippen LogP contribution in [-0.2, 0) is 15.7 Å². The average molecular weight is 464 g/mol. The van der Waals surface area contributed by atoms with Crippen LogP contribution in [0.25, 0.3) is 0 Å². The molecule has 1 N–H and O–H groups in total. The number of halogens is 4. The van der Waals surface area contributed by atoms with Crippen LogP contribution in [0.5, 0.6) is 5.75 Å². The van der Waals surface area contributed by atoms with Crippen molar-refractivity contribution < 1.29 is 27.4 Å². The molecule has 0 aliphatic rings. The van der Waals surface area contributed by atoms with Gasteiger partial charge in [0.25, 0.3) is 0 Å². The zero-order valence-corrected chi connectivity index (χ0v) is 16.7. The van der Waals surface area contributed by atoms with Gasteiger partial charge in [0.15, 0.2) is 0 Å². The summed E-state index contributed by atoms with van der Waals surface area (Å²) in [6.45, 7) is 0.419. The summed E-state index contributed by atoms with van der Waals surface area (Å²) in [5.41, 5.74) is -0.894. The molecule has 0 fully saturated rings. The van der Waals surface area contributed by atoms with Crippen LogP contribution in [-0.4, -0.2) is 32.0 Å². The zero-order valence-electron chi connectivity index (χ0n) is 14.3. The Hall–Kier alpha value is -1.71. The van der Waals surface area contributed by atoms with E-state index in [2.05, 4.69) is 21.2 Å². The Morgan fingerprint density at radius 3 is 2.59 bits per heavy atom. The molecule has 0 unspecified atom stereocenters. The van der Waals surface area contributed by atoms with E-state index in [0.717, 1.165) is 21.5 Å². The molecule has 2 aromatic carbocycles. The lowest BCUT2D eigenvalue weighted by Crippen LogP contribution is -2.17. The molecule has 0 radical (unpaired) electrons. The highest BCUT2D eigenvalue weighted by molar-refractivity contribution is 9.10. The first kappa shape index (κ1) is 21.6. The quantitative estimate of drug-likeness (QED) is 0.430. The Morgan fingerprint density at radius 2 is 1.93 bits per heavy atom. The van der Waals surface area contributed by atoms with Gasteiger partial charge in [-0.3, -0.25) is 4.79 Å². The summed E-state index contributed by atoms with van der Waals surface area (Å²) in [5.74, 6) is -0.248. The van der Waals surface area contributed by atoms with E-state index < -0.39 is 17.6 Å². The second kappa shape index (κ2) is 10.0. The van der Waals surface area contributed by atoms with Crippen LogP contribution in [0.1, 0.15) is 5.56 Å². The molecular formula is C18H17BrF3NO3S. The molecule has 4 nitrogen and oxygen atoms in total. The van der Waals surface area contributed by atoms with Gasteiger partial charge in [-0.05, 0) is 46.3 Å². The minimum absolute atomic E-state index is 0.0290. The molecule has 0 atom stereocenters. The van der Waals surface area contributed by atoms with Gasteiger partial charge in [-0.25, -0.2) is 0 Å². The normalized spacial score (nSPS) is 11.3. The minimum Gasteiger partial charge on any atom is -0.489 e. The fourth-order valence-corrected chi connectivity index (χ4v) is 3.42. The molecule has 0 aliphatic carbocycles. The lowest BCUT2D eigenvalue weighted by Gasteiger charge is -2.15. The van der Waals surface area contributed by atoms with Crippen LogP contribution in [0, 0.1) is 0 Å². The van der Waals surface area contributed by atoms with Gasteiger partial charge in [0.2, 0.25) is 5.91 Å². The molecule has 9 heteroatoms. The molecule has 0 heterocycles. The number of amides is 1. The molecule has 0 aliphatic heterocycles. The van der Waals surface area contributed by atoms with Crippen molar-refractivity contribution in [2.45, 2.75) is 11.1 Å². The van der Waals surface area contributed by atoms with E-state index in [9.17, 15) is 18.0 Å². The van der Waals surface area contributed by atoms with Crippen molar-refractivity contribution in [3.05, 3.63) is 52.5 Å². The number of hydrogen-bond donors (Lipinski definition) is 1. The summed E-state index contributed by atoms with van der Waals surface area (Å²) in [6, 6.07) is 10.3. The molecule has 0 saturated carbocycles. The highest BCUT2D eigenvalue weighted by Gasteiger charge is 2.31. The maximum Gasteiger partial charge on any atom is 0.416 e. The third-order valence-corrected chi connectivity index (χ3v) is 5.35. The van der Waals surface area contributed by atoms with Crippen molar-refractivity contribution in [2.75, 3.05) is 31.4 Å². The Kier molecular flexibility index (Phi) is 8.00. The number of thioether (sulfide) groups is 1. The van der Waals surface area contributed by atoms with E-state index in [-0.39, 0.29) is 30.4 Å². The van der Waals surface area contributed by atoms with E-state index in [1.54, 1.807) is 0 Å². The van der Waals surface area contributed by atoms with Gasteiger partial charge in [0.1, 0.15) is 12.4 Å². The topological polar surface area (TPSA) is 47.6 Å². The molecule has 0 spiro atoms. The standard InChI is InChI=1S/C18H17BrF3NO3S/c1-25-8-9-26-15-7-6-12(18(20,21)22)10-14(15)23-17(24)11-27-16-5-3-2-4-13(16)19/h2-7,10H,8-9,11H2,1H3,(H,23,24). The van der Waals surface area contributed by atoms with Crippen molar-refractivity contribution >= 4 is 39.3 Å². The Balaban J connectivity index is 2.11. The number of methoxy groups -OCH3 is 1. The lowest BCUT2D eigenvalue weighted by molar-refractivity contribution is -0.137. The van der Waals surface area contributed by atoms with Crippen LogP contribution in [0.3, 0.4) is 0 Å². The summed E-state index contributed by atoms with van der Waals surface area (Å²) in [6.07, 6.45) is -4.52. The largest absolute Gasteiger partial charge is 0.489 e. The molecular weight excluding hydrogens is 447 g/mol. The Morgan fingerprint density at radius 1 is 1.19 bits per heavy atom. The van der Waals surface area contributed by atoms with Crippen LogP contribution >= 0.6 is 27.7 Å². The monoisotopic (exact) mass is 463 g/mol. The first-order valence-electron chi connectivity index (χ1n) is 7.81. The van der Waals surface area contributed by atoms with Crippen molar-refractivity contribution in [3.8, 4) is 5.75 Å². The Bertz CT molecular complexity index is 787. The van der Waals surface area contributed by atoms with Gasteiger partial charge >= 0.3 is 6.18 Å². The second-order valence-electron chi connectivity index (χ2n) is 5.32. The van der Waals surface area contributed by atoms with Crippen LogP contribution in [0.4, 0.5) is 18.9 Å². The maximum absolute atomic E-state index is 13.0. The highest BCUT2D eigenvalue weighted by Crippen LogP contribution is 2.35. The number of ether oxygens (including phenoxy) is 2. The average Bonchev–Trinajstić information content (AvgIpc) is 2.61. The molecule has 146 valence electrons. The van der Waals surface area contributed by atoms with Crippen molar-refractivity contribution in [1.29, 1.82) is 0 Å². The van der Waals surface area contributed by atoms with E-state index in [1.807, 2.05) is 24.3 Å². The van der Waals surface area contributed by atoms with Crippen LogP contribution in [0.15, 0.2) is 51.8 Å². The number of hydrogen-bond acceptors (Lipinski definition) is 4. The first-order chi connectivity index (χ1) is 12.8. The number of nitrogens with one attached hydrogen (secondary N) is 1. The van der Waals surface area contributed by atoms with Crippen LogP contribution < -0.4 is 10.1 Å². The second-order valence-corrected chi connectivity index (χ2v) is 7.19. The molecule has 2 rings (SSSR count). The van der Waals surface area contributed by atoms with Gasteiger partial charge in [-0.1, -0.05) is 12.1 Å². The molecule has 0 saturated heterocycles. The predicted octanol–water partition coefficient (Wildman–Crippen LogP) is 5.22. The van der Waals surface area contributed by atoms with Gasteiger partial charge in [0.05, 0.1) is 23.6 Å². The number of benzene rings is 2. The number of alkyl halides is 3. The third-order valence-electron chi connectivity index (χ3n) is 3.32. The fourth-order valence-electron chi connectivity index (χ4n) is 2.06. The van der Waals surface area contributed by atoms with E-state index in [4.69, 9.17) is 9.47 Å². The predicted molar refractivity (Wildman–Crippen MR) is 102 cm³/mol. The van der Waals surface area contributed by atoms with Gasteiger partial charge in [-0.2, -0.15) is 13.2 Å². The maximum atomic E-state index is 13.0. The zero-order chi connectivity index (χ0) is 19.9.